The summed E-state index contributed by atoms with van der Waals surface area (Å²) in [6, 6.07) is 9.31. The smallest absolute Gasteiger partial charge is 0.333 e. The average molecular weight is 236 g/mol. The predicted molar refractivity (Wildman–Crippen MR) is 63.9 cm³/mol. The molecule has 0 amide bonds. The zero-order valence-electron chi connectivity index (χ0n) is 9.45. The van der Waals surface area contributed by atoms with E-state index in [1.54, 1.807) is 6.08 Å². The Morgan fingerprint density at radius 1 is 1.35 bits per heavy atom. The van der Waals surface area contributed by atoms with Crippen molar-refractivity contribution in [3.8, 4) is 0 Å². The van der Waals surface area contributed by atoms with Crippen LogP contribution in [-0.2, 0) is 9.53 Å². The number of esters is 1. The summed E-state index contributed by atoms with van der Waals surface area (Å²) in [6.07, 6.45) is 2.35. The van der Waals surface area contributed by atoms with Crippen LogP contribution in [0, 0.1) is 0 Å². The highest BCUT2D eigenvalue weighted by Gasteiger charge is 2.07. The van der Waals surface area contributed by atoms with E-state index in [1.165, 1.54) is 6.08 Å². The van der Waals surface area contributed by atoms with Crippen LogP contribution in [-0.4, -0.2) is 29.1 Å². The molecule has 0 aliphatic rings. The van der Waals surface area contributed by atoms with Crippen molar-refractivity contribution >= 4 is 12.0 Å². The summed E-state index contributed by atoms with van der Waals surface area (Å²) in [6.45, 7) is -0.0333. The average Bonchev–Trinajstić information content (AvgIpc) is 2.35. The number of aliphatic hydroxyl groups is 2. The molecule has 0 bridgehead atoms. The van der Waals surface area contributed by atoms with Crippen LogP contribution in [0.3, 0.4) is 0 Å². The SMILES string of the molecule is O=C(/C=C/c1ccccc1)OC(O)CCCO. The Morgan fingerprint density at radius 2 is 2.06 bits per heavy atom. The van der Waals surface area contributed by atoms with Crippen LogP contribution in [0.5, 0.6) is 0 Å². The van der Waals surface area contributed by atoms with Gasteiger partial charge in [-0.1, -0.05) is 30.3 Å². The van der Waals surface area contributed by atoms with Gasteiger partial charge in [-0.15, -0.1) is 0 Å². The van der Waals surface area contributed by atoms with Gasteiger partial charge in [0.1, 0.15) is 0 Å². The topological polar surface area (TPSA) is 66.8 Å². The third-order valence-electron chi connectivity index (χ3n) is 2.07. The summed E-state index contributed by atoms with van der Waals surface area (Å²) in [5.41, 5.74) is 0.884. The second-order valence-electron chi connectivity index (χ2n) is 3.50. The first kappa shape index (κ1) is 13.4. The van der Waals surface area contributed by atoms with Gasteiger partial charge in [0, 0.05) is 19.1 Å². The maximum absolute atomic E-state index is 11.3. The Bertz CT molecular complexity index is 359. The summed E-state index contributed by atoms with van der Waals surface area (Å²) in [5, 5.41) is 17.8. The standard InChI is InChI=1S/C13H16O4/c14-10-4-7-12(15)17-13(16)9-8-11-5-2-1-3-6-11/h1-3,5-6,8-9,12,14-15H,4,7,10H2/b9-8+. The van der Waals surface area contributed by atoms with Crippen LogP contribution >= 0.6 is 0 Å². The van der Waals surface area contributed by atoms with Gasteiger partial charge in [0.25, 0.3) is 0 Å². The first-order valence-electron chi connectivity index (χ1n) is 5.45. The lowest BCUT2D eigenvalue weighted by atomic mass is 10.2. The molecule has 1 aromatic carbocycles. The zero-order valence-corrected chi connectivity index (χ0v) is 9.45. The summed E-state index contributed by atoms with van der Waals surface area (Å²) in [4.78, 5) is 11.3. The number of carbonyl (C=O) groups excluding carboxylic acids is 1. The van der Waals surface area contributed by atoms with Gasteiger partial charge < -0.3 is 14.9 Å². The number of carbonyl (C=O) groups is 1. The van der Waals surface area contributed by atoms with Crippen LogP contribution in [0.25, 0.3) is 6.08 Å². The second-order valence-corrected chi connectivity index (χ2v) is 3.50. The van der Waals surface area contributed by atoms with Crippen molar-refractivity contribution in [3.05, 3.63) is 42.0 Å². The van der Waals surface area contributed by atoms with Gasteiger partial charge in [-0.05, 0) is 18.1 Å². The Kier molecular flexibility index (Phi) is 5.99. The second kappa shape index (κ2) is 7.60. The lowest BCUT2D eigenvalue weighted by molar-refractivity contribution is -0.162. The fraction of sp³-hybridized carbons (Fsp3) is 0.308. The Balaban J connectivity index is 2.36. The molecule has 0 aliphatic heterocycles. The Morgan fingerprint density at radius 3 is 2.71 bits per heavy atom. The number of hydrogen-bond donors (Lipinski definition) is 2. The molecule has 1 rings (SSSR count). The summed E-state index contributed by atoms with van der Waals surface area (Å²) in [7, 11) is 0. The van der Waals surface area contributed by atoms with Crippen LogP contribution in [0.15, 0.2) is 36.4 Å². The Hall–Kier alpha value is -1.65. The molecule has 92 valence electrons. The van der Waals surface area contributed by atoms with Crippen molar-refractivity contribution in [1.82, 2.24) is 0 Å². The lowest BCUT2D eigenvalue weighted by Gasteiger charge is -2.09. The number of hydrogen-bond acceptors (Lipinski definition) is 4. The van der Waals surface area contributed by atoms with E-state index in [1.807, 2.05) is 30.3 Å². The molecule has 0 fully saturated rings. The molecule has 2 N–H and O–H groups in total. The molecule has 0 aliphatic carbocycles. The molecule has 0 saturated carbocycles. The minimum absolute atomic E-state index is 0.0333. The van der Waals surface area contributed by atoms with Crippen molar-refractivity contribution in [2.24, 2.45) is 0 Å². The minimum Gasteiger partial charge on any atom is -0.433 e. The maximum atomic E-state index is 11.3. The van der Waals surface area contributed by atoms with E-state index < -0.39 is 12.3 Å². The van der Waals surface area contributed by atoms with Crippen LogP contribution in [0.1, 0.15) is 18.4 Å². The van der Waals surface area contributed by atoms with E-state index in [2.05, 4.69) is 0 Å². The van der Waals surface area contributed by atoms with E-state index in [9.17, 15) is 9.90 Å². The number of aliphatic hydroxyl groups excluding tert-OH is 2. The van der Waals surface area contributed by atoms with E-state index >= 15 is 0 Å². The summed E-state index contributed by atoms with van der Waals surface area (Å²) < 4.78 is 4.69. The molecule has 1 atom stereocenters. The van der Waals surface area contributed by atoms with Crippen LogP contribution in [0.2, 0.25) is 0 Å². The van der Waals surface area contributed by atoms with E-state index in [0.717, 1.165) is 5.56 Å². The van der Waals surface area contributed by atoms with E-state index in [-0.39, 0.29) is 13.0 Å². The minimum atomic E-state index is -1.16. The fourth-order valence-corrected chi connectivity index (χ4v) is 1.23. The fourth-order valence-electron chi connectivity index (χ4n) is 1.23. The van der Waals surface area contributed by atoms with Gasteiger partial charge in [-0.3, -0.25) is 0 Å². The molecule has 17 heavy (non-hydrogen) atoms. The van der Waals surface area contributed by atoms with Crippen molar-refractivity contribution in [1.29, 1.82) is 0 Å². The monoisotopic (exact) mass is 236 g/mol. The molecular formula is C13H16O4. The third-order valence-corrected chi connectivity index (χ3v) is 2.07. The van der Waals surface area contributed by atoms with E-state index in [4.69, 9.17) is 9.84 Å². The predicted octanol–water partition coefficient (Wildman–Crippen LogP) is 1.33. The van der Waals surface area contributed by atoms with Gasteiger partial charge in [0.05, 0.1) is 0 Å². The van der Waals surface area contributed by atoms with E-state index in [0.29, 0.717) is 6.42 Å². The first-order valence-corrected chi connectivity index (χ1v) is 5.45. The zero-order chi connectivity index (χ0) is 12.5. The molecule has 0 radical (unpaired) electrons. The summed E-state index contributed by atoms with van der Waals surface area (Å²) >= 11 is 0. The first-order chi connectivity index (χ1) is 8.22. The number of ether oxygens (including phenoxy) is 1. The van der Waals surface area contributed by atoms with Gasteiger partial charge >= 0.3 is 5.97 Å². The quantitative estimate of drug-likeness (QED) is 0.444. The molecule has 0 saturated heterocycles. The van der Waals surface area contributed by atoms with Gasteiger partial charge in [-0.2, -0.15) is 0 Å². The Labute approximate surface area is 100 Å². The number of rotatable bonds is 6. The highest BCUT2D eigenvalue weighted by molar-refractivity contribution is 5.87. The van der Waals surface area contributed by atoms with Crippen molar-refractivity contribution in [3.63, 3.8) is 0 Å². The maximum Gasteiger partial charge on any atom is 0.333 e. The van der Waals surface area contributed by atoms with Crippen molar-refractivity contribution in [2.45, 2.75) is 19.1 Å². The number of benzene rings is 1. The molecule has 0 spiro atoms. The molecule has 4 heteroatoms. The molecular weight excluding hydrogens is 220 g/mol. The van der Waals surface area contributed by atoms with Gasteiger partial charge in [0.2, 0.25) is 6.29 Å². The molecule has 1 unspecified atom stereocenters. The largest absolute Gasteiger partial charge is 0.433 e. The van der Waals surface area contributed by atoms with Crippen LogP contribution in [0.4, 0.5) is 0 Å². The highest BCUT2D eigenvalue weighted by atomic mass is 16.6. The normalized spacial score (nSPS) is 12.6. The van der Waals surface area contributed by atoms with Crippen LogP contribution < -0.4 is 0 Å². The molecule has 0 heterocycles. The van der Waals surface area contributed by atoms with Gasteiger partial charge in [-0.25, -0.2) is 4.79 Å². The van der Waals surface area contributed by atoms with Crippen molar-refractivity contribution in [2.75, 3.05) is 6.61 Å². The van der Waals surface area contributed by atoms with Gasteiger partial charge in [0.15, 0.2) is 0 Å². The molecule has 4 nitrogen and oxygen atoms in total. The third kappa shape index (κ3) is 5.85. The summed E-state index contributed by atoms with van der Waals surface area (Å²) in [5.74, 6) is -0.598. The molecule has 1 aromatic rings. The highest BCUT2D eigenvalue weighted by Crippen LogP contribution is 2.03. The van der Waals surface area contributed by atoms with Crippen molar-refractivity contribution < 1.29 is 19.7 Å². The molecule has 0 aromatic heterocycles. The lowest BCUT2D eigenvalue weighted by Crippen LogP contribution is -2.16.